The Morgan fingerprint density at radius 3 is 2.05 bits per heavy atom. The van der Waals surface area contributed by atoms with Crippen LogP contribution in [-0.2, 0) is 4.74 Å². The minimum atomic E-state index is -0.772. The molecule has 0 aliphatic rings. The molecule has 3 nitrogen and oxygen atoms in total. The molecule has 0 saturated carbocycles. The summed E-state index contributed by atoms with van der Waals surface area (Å²) in [4.78, 5) is 0. The summed E-state index contributed by atoms with van der Waals surface area (Å²) in [6.45, 7) is 10.6. The minimum Gasteiger partial charge on any atom is -0.394 e. The molecule has 1 atom stereocenters. The summed E-state index contributed by atoms with van der Waals surface area (Å²) in [5, 5.41) is 17.6. The summed E-state index contributed by atoms with van der Waals surface area (Å²) in [5.74, 6) is 0. The van der Waals surface area contributed by atoms with E-state index in [0.717, 1.165) is 6.42 Å². The Labute approximate surface area is 119 Å². The average Bonchev–Trinajstić information content (AvgIpc) is 2.47. The van der Waals surface area contributed by atoms with E-state index in [-0.39, 0.29) is 13.2 Å². The normalized spacial score (nSPS) is 12.7. The van der Waals surface area contributed by atoms with E-state index in [1.807, 2.05) is 26.8 Å². The number of allylic oxidation sites excluding steroid dienone is 3. The molecule has 19 heavy (non-hydrogen) atoms. The van der Waals surface area contributed by atoms with Crippen molar-refractivity contribution in [2.24, 2.45) is 0 Å². The van der Waals surface area contributed by atoms with Crippen LogP contribution in [0.4, 0.5) is 0 Å². The van der Waals surface area contributed by atoms with Gasteiger partial charge in [-0.3, -0.25) is 0 Å². The number of terminal acetylenes is 1. The van der Waals surface area contributed by atoms with Crippen LogP contribution < -0.4 is 0 Å². The second kappa shape index (κ2) is 19.3. The van der Waals surface area contributed by atoms with Gasteiger partial charge in [-0.05, 0) is 20.3 Å². The maximum atomic E-state index is 9.01. The molecule has 2 N–H and O–H groups in total. The third kappa shape index (κ3) is 16.9. The molecule has 0 rings (SSSR count). The van der Waals surface area contributed by atoms with Crippen molar-refractivity contribution in [2.45, 2.75) is 47.1 Å². The number of aliphatic hydroxyl groups is 2. The molecule has 0 aliphatic heterocycles. The van der Waals surface area contributed by atoms with Crippen LogP contribution in [0.3, 0.4) is 0 Å². The van der Waals surface area contributed by atoms with Gasteiger partial charge in [-0.2, -0.15) is 0 Å². The lowest BCUT2D eigenvalue weighted by Crippen LogP contribution is -2.19. The maximum Gasteiger partial charge on any atom is 0.100 e. The molecule has 0 radical (unpaired) electrons. The van der Waals surface area contributed by atoms with Gasteiger partial charge < -0.3 is 14.9 Å². The van der Waals surface area contributed by atoms with Crippen molar-refractivity contribution in [1.82, 2.24) is 0 Å². The van der Waals surface area contributed by atoms with Crippen LogP contribution in [0.15, 0.2) is 23.3 Å². The van der Waals surface area contributed by atoms with E-state index < -0.39 is 6.10 Å². The van der Waals surface area contributed by atoms with Crippen molar-refractivity contribution in [2.75, 3.05) is 19.8 Å². The fraction of sp³-hybridized carbons (Fsp3) is 0.625. The second-order valence-electron chi connectivity index (χ2n) is 3.56. The van der Waals surface area contributed by atoms with Gasteiger partial charge in [0.2, 0.25) is 0 Å². The zero-order chi connectivity index (χ0) is 15.7. The van der Waals surface area contributed by atoms with Crippen LogP contribution in [0, 0.1) is 12.8 Å². The van der Waals surface area contributed by atoms with Crippen molar-refractivity contribution >= 4 is 0 Å². The monoisotopic (exact) mass is 270 g/mol. The van der Waals surface area contributed by atoms with Crippen LogP contribution in [0.2, 0.25) is 0 Å². The zero-order valence-electron chi connectivity index (χ0n) is 13.0. The van der Waals surface area contributed by atoms with Crippen molar-refractivity contribution in [1.29, 1.82) is 0 Å². The van der Waals surface area contributed by atoms with Crippen molar-refractivity contribution in [3.05, 3.63) is 23.3 Å². The minimum absolute atomic E-state index is 0.177. The molecule has 0 saturated heterocycles. The Kier molecular flexibility index (Phi) is 23.4. The third-order valence-corrected chi connectivity index (χ3v) is 2.16. The maximum absolute atomic E-state index is 9.01. The van der Waals surface area contributed by atoms with Crippen LogP contribution in [0.1, 0.15) is 41.0 Å². The molecule has 0 aromatic carbocycles. The number of rotatable bonds is 7. The molecule has 3 heteroatoms. The molecule has 0 heterocycles. The van der Waals surface area contributed by atoms with Gasteiger partial charge in [-0.1, -0.05) is 44.1 Å². The van der Waals surface area contributed by atoms with Gasteiger partial charge in [0.1, 0.15) is 6.10 Å². The van der Waals surface area contributed by atoms with Crippen molar-refractivity contribution < 1.29 is 14.9 Å². The molecule has 0 aromatic rings. The molecular formula is C16H30O3. The SMILES string of the molecule is C#C.CC.CC/C=C(C)\C(C)=C/COCC(O)CO. The Morgan fingerprint density at radius 1 is 1.16 bits per heavy atom. The smallest absolute Gasteiger partial charge is 0.100 e. The average molecular weight is 270 g/mol. The van der Waals surface area contributed by atoms with E-state index in [0.29, 0.717) is 6.61 Å². The van der Waals surface area contributed by atoms with E-state index >= 15 is 0 Å². The lowest BCUT2D eigenvalue weighted by molar-refractivity contribution is 0.0148. The summed E-state index contributed by atoms with van der Waals surface area (Å²) >= 11 is 0. The Bertz CT molecular complexity index is 252. The predicted molar refractivity (Wildman–Crippen MR) is 83.0 cm³/mol. The molecule has 0 aromatic heterocycles. The van der Waals surface area contributed by atoms with Crippen LogP contribution in [0.25, 0.3) is 0 Å². The van der Waals surface area contributed by atoms with Gasteiger partial charge >= 0.3 is 0 Å². The Morgan fingerprint density at radius 2 is 1.63 bits per heavy atom. The molecule has 0 aliphatic carbocycles. The second-order valence-corrected chi connectivity index (χ2v) is 3.56. The van der Waals surface area contributed by atoms with E-state index in [2.05, 4.69) is 32.8 Å². The van der Waals surface area contributed by atoms with E-state index in [1.54, 1.807) is 0 Å². The molecule has 1 unspecified atom stereocenters. The number of hydrogen-bond acceptors (Lipinski definition) is 3. The fourth-order valence-corrected chi connectivity index (χ4v) is 1.07. The summed E-state index contributed by atoms with van der Waals surface area (Å²) in [6, 6.07) is 0. The highest BCUT2D eigenvalue weighted by molar-refractivity contribution is 5.26. The Balaban J connectivity index is -0.000000579. The first kappa shape index (κ1) is 23.0. The number of hydrogen-bond donors (Lipinski definition) is 2. The number of aliphatic hydroxyl groups excluding tert-OH is 2. The van der Waals surface area contributed by atoms with Crippen molar-refractivity contribution in [3.8, 4) is 12.8 Å². The first-order chi connectivity index (χ1) is 9.11. The molecule has 0 spiro atoms. The van der Waals surface area contributed by atoms with E-state index in [1.165, 1.54) is 11.1 Å². The third-order valence-electron chi connectivity index (χ3n) is 2.16. The highest BCUT2D eigenvalue weighted by Crippen LogP contribution is 2.08. The van der Waals surface area contributed by atoms with E-state index in [4.69, 9.17) is 14.9 Å². The summed E-state index contributed by atoms with van der Waals surface area (Å²) in [7, 11) is 0. The van der Waals surface area contributed by atoms with Gasteiger partial charge in [0.15, 0.2) is 0 Å². The first-order valence-electron chi connectivity index (χ1n) is 6.65. The first-order valence-corrected chi connectivity index (χ1v) is 6.65. The fourth-order valence-electron chi connectivity index (χ4n) is 1.07. The highest BCUT2D eigenvalue weighted by atomic mass is 16.5. The summed E-state index contributed by atoms with van der Waals surface area (Å²) in [5.41, 5.74) is 2.44. The topological polar surface area (TPSA) is 49.7 Å². The van der Waals surface area contributed by atoms with Gasteiger partial charge in [-0.15, -0.1) is 12.8 Å². The molecule has 0 fully saturated rings. The van der Waals surface area contributed by atoms with Gasteiger partial charge in [0.05, 0.1) is 19.8 Å². The zero-order valence-corrected chi connectivity index (χ0v) is 13.0. The van der Waals surface area contributed by atoms with Crippen LogP contribution in [0.5, 0.6) is 0 Å². The molecule has 0 bridgehead atoms. The van der Waals surface area contributed by atoms with Gasteiger partial charge in [-0.25, -0.2) is 0 Å². The predicted octanol–water partition coefficient (Wildman–Crippen LogP) is 2.93. The summed E-state index contributed by atoms with van der Waals surface area (Å²) in [6.07, 6.45) is 12.4. The van der Waals surface area contributed by atoms with Gasteiger partial charge in [0.25, 0.3) is 0 Å². The van der Waals surface area contributed by atoms with Crippen LogP contribution >= 0.6 is 0 Å². The van der Waals surface area contributed by atoms with Gasteiger partial charge in [0, 0.05) is 0 Å². The summed E-state index contributed by atoms with van der Waals surface area (Å²) < 4.78 is 5.17. The highest BCUT2D eigenvalue weighted by Gasteiger charge is 2.00. The molecule has 0 amide bonds. The lowest BCUT2D eigenvalue weighted by Gasteiger charge is -2.07. The largest absolute Gasteiger partial charge is 0.394 e. The lowest BCUT2D eigenvalue weighted by atomic mass is 10.1. The van der Waals surface area contributed by atoms with E-state index in [9.17, 15) is 0 Å². The number of ether oxygens (including phenoxy) is 1. The van der Waals surface area contributed by atoms with Crippen molar-refractivity contribution in [3.63, 3.8) is 0 Å². The quantitative estimate of drug-likeness (QED) is 0.425. The molecular weight excluding hydrogens is 240 g/mol. The van der Waals surface area contributed by atoms with Crippen LogP contribution in [-0.4, -0.2) is 36.1 Å². The molecule has 112 valence electrons. The Hall–Kier alpha value is -1.08. The standard InChI is InChI=1S/C12H22O3.C2H6.C2H2/c1-4-5-10(2)11(3)6-7-15-9-12(14)8-13;2*1-2/h5-6,12-14H,4,7-9H2,1-3H3;1-2H3;1-2H/b10-5-,11-6-;;.